The maximum Gasteiger partial charge on any atom is 0.270 e. The summed E-state index contributed by atoms with van der Waals surface area (Å²) in [5.41, 5.74) is -0.0345. The fourth-order valence-corrected chi connectivity index (χ4v) is 2.32. The zero-order valence-electron chi connectivity index (χ0n) is 10.8. The highest BCUT2D eigenvalue weighted by molar-refractivity contribution is 5.92. The third kappa shape index (κ3) is 3.65. The van der Waals surface area contributed by atoms with Crippen LogP contribution < -0.4 is 10.9 Å². The van der Waals surface area contributed by atoms with E-state index in [0.29, 0.717) is 6.54 Å². The van der Waals surface area contributed by atoms with Gasteiger partial charge in [-0.3, -0.25) is 9.59 Å². The van der Waals surface area contributed by atoms with Crippen LogP contribution in [0.3, 0.4) is 0 Å². The van der Waals surface area contributed by atoms with E-state index in [1.54, 1.807) is 17.0 Å². The summed E-state index contributed by atoms with van der Waals surface area (Å²) < 4.78 is 0. The van der Waals surface area contributed by atoms with Crippen molar-refractivity contribution < 1.29 is 9.90 Å². The molecule has 3 N–H and O–H groups in total. The second-order valence-electron chi connectivity index (χ2n) is 4.70. The molecule has 104 valence electrons. The smallest absolute Gasteiger partial charge is 0.270 e. The molecule has 0 bridgehead atoms. The summed E-state index contributed by atoms with van der Waals surface area (Å²) in [7, 11) is 0. The van der Waals surface area contributed by atoms with E-state index in [1.807, 2.05) is 0 Å². The van der Waals surface area contributed by atoms with Crippen LogP contribution in [0.2, 0.25) is 0 Å². The third-order valence-corrected chi connectivity index (χ3v) is 3.26. The predicted octanol–water partition coefficient (Wildman–Crippen LogP) is -0.439. The molecular formula is C13H19N3O3. The number of H-pyrrole nitrogens is 1. The highest BCUT2D eigenvalue weighted by Gasteiger charge is 2.22. The van der Waals surface area contributed by atoms with Gasteiger partial charge in [0.15, 0.2) is 0 Å². The lowest BCUT2D eigenvalue weighted by Crippen LogP contribution is -2.43. The molecule has 2 rings (SSSR count). The Labute approximate surface area is 111 Å². The van der Waals surface area contributed by atoms with Crippen molar-refractivity contribution in [3.05, 3.63) is 34.2 Å². The monoisotopic (exact) mass is 265 g/mol. The molecule has 1 unspecified atom stereocenters. The fraction of sp³-hybridized carbons (Fsp3) is 0.538. The minimum absolute atomic E-state index is 0.0878. The third-order valence-electron chi connectivity index (χ3n) is 3.26. The number of rotatable bonds is 5. The summed E-state index contributed by atoms with van der Waals surface area (Å²) in [4.78, 5) is 27.6. The molecule has 1 aromatic heterocycles. The van der Waals surface area contributed by atoms with Crippen molar-refractivity contribution >= 4 is 5.91 Å². The summed E-state index contributed by atoms with van der Waals surface area (Å²) >= 11 is 0. The largest absolute Gasteiger partial charge is 0.395 e. The highest BCUT2D eigenvalue weighted by Crippen LogP contribution is 2.09. The van der Waals surface area contributed by atoms with Crippen LogP contribution in [0.4, 0.5) is 0 Å². The number of hydrogen-bond acceptors (Lipinski definition) is 4. The maximum absolute atomic E-state index is 12.3. The van der Waals surface area contributed by atoms with Gasteiger partial charge in [0.25, 0.3) is 5.91 Å². The molecule has 1 aliphatic rings. The van der Waals surface area contributed by atoms with Crippen LogP contribution >= 0.6 is 0 Å². The topological polar surface area (TPSA) is 85.4 Å². The highest BCUT2D eigenvalue weighted by atomic mass is 16.3. The Morgan fingerprint density at radius 2 is 2.32 bits per heavy atom. The number of carbonyl (C=O) groups excluding carboxylic acids is 1. The Bertz CT molecular complexity index is 480. The van der Waals surface area contributed by atoms with Gasteiger partial charge in [-0.2, -0.15) is 0 Å². The van der Waals surface area contributed by atoms with Gasteiger partial charge in [0.2, 0.25) is 5.56 Å². The van der Waals surface area contributed by atoms with Crippen molar-refractivity contribution in [1.82, 2.24) is 15.2 Å². The van der Waals surface area contributed by atoms with E-state index < -0.39 is 0 Å². The van der Waals surface area contributed by atoms with E-state index in [2.05, 4.69) is 10.3 Å². The predicted molar refractivity (Wildman–Crippen MR) is 71.1 cm³/mol. The van der Waals surface area contributed by atoms with Gasteiger partial charge in [-0.05, 0) is 25.5 Å². The molecule has 1 aromatic rings. The van der Waals surface area contributed by atoms with Crippen molar-refractivity contribution in [3.63, 3.8) is 0 Å². The number of hydrogen-bond donors (Lipinski definition) is 3. The van der Waals surface area contributed by atoms with E-state index in [4.69, 9.17) is 5.11 Å². The van der Waals surface area contributed by atoms with Gasteiger partial charge in [-0.1, -0.05) is 6.07 Å². The number of aliphatic hydroxyl groups is 1. The molecule has 0 radical (unpaired) electrons. The molecule has 1 amide bonds. The molecule has 6 nitrogen and oxygen atoms in total. The number of amides is 1. The molecule has 19 heavy (non-hydrogen) atoms. The van der Waals surface area contributed by atoms with Gasteiger partial charge in [-0.15, -0.1) is 0 Å². The van der Waals surface area contributed by atoms with E-state index in [0.717, 1.165) is 19.4 Å². The van der Waals surface area contributed by atoms with Crippen LogP contribution in [-0.2, 0) is 0 Å². The lowest BCUT2D eigenvalue weighted by molar-refractivity contribution is 0.0700. The van der Waals surface area contributed by atoms with Crippen LogP contribution in [0.25, 0.3) is 0 Å². The van der Waals surface area contributed by atoms with Crippen LogP contribution in [-0.4, -0.2) is 53.2 Å². The SMILES string of the molecule is O=C(c1cccc(=O)[nH]1)N(CCO)CC1CCCN1. The molecule has 6 heteroatoms. The van der Waals surface area contributed by atoms with Gasteiger partial charge in [-0.25, -0.2) is 0 Å². The van der Waals surface area contributed by atoms with Crippen molar-refractivity contribution in [1.29, 1.82) is 0 Å². The molecule has 1 aliphatic heterocycles. The van der Waals surface area contributed by atoms with Crippen molar-refractivity contribution in [2.45, 2.75) is 18.9 Å². The number of nitrogens with zero attached hydrogens (tertiary/aromatic N) is 1. The van der Waals surface area contributed by atoms with Gasteiger partial charge >= 0.3 is 0 Å². The average molecular weight is 265 g/mol. The Hall–Kier alpha value is -1.66. The quantitative estimate of drug-likeness (QED) is 0.674. The summed E-state index contributed by atoms with van der Waals surface area (Å²) in [5, 5.41) is 12.4. The van der Waals surface area contributed by atoms with Gasteiger partial charge in [0.1, 0.15) is 5.69 Å². The van der Waals surface area contributed by atoms with Crippen molar-refractivity contribution in [3.8, 4) is 0 Å². The Morgan fingerprint density at radius 3 is 2.95 bits per heavy atom. The summed E-state index contributed by atoms with van der Waals surface area (Å²) in [6.07, 6.45) is 2.13. The number of aromatic nitrogens is 1. The van der Waals surface area contributed by atoms with E-state index in [-0.39, 0.29) is 36.4 Å². The van der Waals surface area contributed by atoms with Crippen molar-refractivity contribution in [2.75, 3.05) is 26.2 Å². The number of pyridine rings is 1. The molecule has 1 fully saturated rings. The van der Waals surface area contributed by atoms with Crippen LogP contribution in [0, 0.1) is 0 Å². The summed E-state index contributed by atoms with van der Waals surface area (Å²) in [6.45, 7) is 1.70. The molecule has 0 aromatic carbocycles. The van der Waals surface area contributed by atoms with Gasteiger partial charge < -0.3 is 20.3 Å². The fourth-order valence-electron chi connectivity index (χ4n) is 2.32. The molecule has 0 saturated carbocycles. The molecule has 1 saturated heterocycles. The normalized spacial score (nSPS) is 18.5. The first-order valence-electron chi connectivity index (χ1n) is 6.53. The number of aromatic amines is 1. The first kappa shape index (κ1) is 13.8. The second-order valence-corrected chi connectivity index (χ2v) is 4.70. The number of carbonyl (C=O) groups is 1. The Kier molecular flexibility index (Phi) is 4.70. The standard InChI is InChI=1S/C13H19N3O3/c17-8-7-16(9-10-3-2-6-14-10)13(19)11-4-1-5-12(18)15-11/h1,4-5,10,14,17H,2-3,6-9H2,(H,15,18). The first-order chi connectivity index (χ1) is 9.20. The Balaban J connectivity index is 2.08. The van der Waals surface area contributed by atoms with E-state index in [9.17, 15) is 9.59 Å². The van der Waals surface area contributed by atoms with E-state index in [1.165, 1.54) is 6.07 Å². The van der Waals surface area contributed by atoms with Crippen LogP contribution in [0.15, 0.2) is 23.0 Å². The Morgan fingerprint density at radius 1 is 1.47 bits per heavy atom. The summed E-state index contributed by atoms with van der Waals surface area (Å²) in [5.74, 6) is -0.250. The number of nitrogens with one attached hydrogen (secondary N) is 2. The molecular weight excluding hydrogens is 246 g/mol. The van der Waals surface area contributed by atoms with Crippen LogP contribution in [0.1, 0.15) is 23.3 Å². The lowest BCUT2D eigenvalue weighted by Gasteiger charge is -2.25. The summed E-state index contributed by atoms with van der Waals surface area (Å²) in [6, 6.07) is 4.77. The molecule has 0 aliphatic carbocycles. The lowest BCUT2D eigenvalue weighted by atomic mass is 10.2. The second kappa shape index (κ2) is 6.49. The first-order valence-corrected chi connectivity index (χ1v) is 6.53. The zero-order chi connectivity index (χ0) is 13.7. The maximum atomic E-state index is 12.3. The molecule has 2 heterocycles. The van der Waals surface area contributed by atoms with Gasteiger partial charge in [0.05, 0.1) is 6.61 Å². The van der Waals surface area contributed by atoms with E-state index >= 15 is 0 Å². The van der Waals surface area contributed by atoms with Gasteiger partial charge in [0, 0.05) is 25.2 Å². The average Bonchev–Trinajstić information content (AvgIpc) is 2.90. The van der Waals surface area contributed by atoms with Crippen molar-refractivity contribution in [2.24, 2.45) is 0 Å². The molecule has 1 atom stereocenters. The number of aliphatic hydroxyl groups excluding tert-OH is 1. The minimum atomic E-state index is -0.297. The zero-order valence-corrected chi connectivity index (χ0v) is 10.8. The van der Waals surface area contributed by atoms with Crippen LogP contribution in [0.5, 0.6) is 0 Å². The molecule has 0 spiro atoms. The minimum Gasteiger partial charge on any atom is -0.395 e.